The molecule has 7 heteroatoms. The Bertz CT molecular complexity index is 1440. The lowest BCUT2D eigenvalue weighted by atomic mass is 10.0. The van der Waals surface area contributed by atoms with E-state index < -0.39 is 11.9 Å². The first-order valence-electron chi connectivity index (χ1n) is 11.3. The van der Waals surface area contributed by atoms with Gasteiger partial charge in [0.2, 0.25) is 0 Å². The van der Waals surface area contributed by atoms with Crippen molar-refractivity contribution < 1.29 is 33.3 Å². The molecule has 0 amide bonds. The van der Waals surface area contributed by atoms with Gasteiger partial charge in [-0.2, -0.15) is 0 Å². The molecule has 2 heterocycles. The Labute approximate surface area is 201 Å². The number of carbonyl (C=O) groups excluding carboxylic acids is 3. The topological polar surface area (TPSA) is 88.1 Å². The molecule has 2 aliphatic rings. The van der Waals surface area contributed by atoms with Crippen LogP contribution < -0.4 is 24.6 Å². The SMILES string of the molecule is CC(=O)OCCCCOc1ccc(C2=c3cc4c(cc3OC2=O)=C(c2ccccc2)C(=O)O4)cc1. The van der Waals surface area contributed by atoms with E-state index in [0.717, 1.165) is 18.4 Å². The van der Waals surface area contributed by atoms with Crippen LogP contribution in [0.4, 0.5) is 0 Å². The number of ether oxygens (including phenoxy) is 4. The maximum atomic E-state index is 12.7. The standard InChI is InChI=1S/C28H22O7/c1-17(29)32-13-5-6-14-33-20-11-9-19(10-12-20)26-22-16-23-21(15-24(22)35-28(26)31)25(27(30)34-23)18-7-3-2-4-8-18/h2-4,7-12,15-16H,5-6,13-14H2,1H3. The number of hydrogen-bond acceptors (Lipinski definition) is 7. The van der Waals surface area contributed by atoms with E-state index >= 15 is 0 Å². The van der Waals surface area contributed by atoms with Gasteiger partial charge in [0.25, 0.3) is 0 Å². The lowest BCUT2D eigenvalue weighted by molar-refractivity contribution is -0.141. The number of esters is 3. The molecule has 0 aliphatic carbocycles. The van der Waals surface area contributed by atoms with E-state index in [1.165, 1.54) is 6.92 Å². The van der Waals surface area contributed by atoms with Gasteiger partial charge in [-0.25, -0.2) is 9.59 Å². The summed E-state index contributed by atoms with van der Waals surface area (Å²) in [6.07, 6.45) is 1.47. The number of hydrogen-bond donors (Lipinski definition) is 0. The molecule has 0 spiro atoms. The monoisotopic (exact) mass is 470 g/mol. The Hall–Kier alpha value is -4.39. The second-order valence-electron chi connectivity index (χ2n) is 8.16. The summed E-state index contributed by atoms with van der Waals surface area (Å²) in [5.41, 5.74) is 2.27. The van der Waals surface area contributed by atoms with Crippen molar-refractivity contribution in [3.05, 3.63) is 88.3 Å². The molecule has 0 radical (unpaired) electrons. The average molecular weight is 470 g/mol. The Morgan fingerprint density at radius 2 is 1.29 bits per heavy atom. The van der Waals surface area contributed by atoms with Crippen molar-refractivity contribution in [2.75, 3.05) is 13.2 Å². The van der Waals surface area contributed by atoms with Crippen LogP contribution in [0.1, 0.15) is 30.9 Å². The molecule has 2 aliphatic heterocycles. The Morgan fingerprint density at radius 3 is 1.86 bits per heavy atom. The lowest BCUT2D eigenvalue weighted by Crippen LogP contribution is -2.11. The molecule has 0 unspecified atom stereocenters. The van der Waals surface area contributed by atoms with Gasteiger partial charge in [-0.15, -0.1) is 0 Å². The van der Waals surface area contributed by atoms with Crippen molar-refractivity contribution in [3.63, 3.8) is 0 Å². The first-order valence-corrected chi connectivity index (χ1v) is 11.3. The minimum absolute atomic E-state index is 0.288. The molecule has 0 bridgehead atoms. The fourth-order valence-corrected chi connectivity index (χ4v) is 4.12. The molecule has 3 aromatic carbocycles. The van der Waals surface area contributed by atoms with E-state index in [1.54, 1.807) is 36.4 Å². The summed E-state index contributed by atoms with van der Waals surface area (Å²) in [6.45, 7) is 2.25. The van der Waals surface area contributed by atoms with E-state index in [1.807, 2.05) is 30.3 Å². The third-order valence-electron chi connectivity index (χ3n) is 5.75. The van der Waals surface area contributed by atoms with Crippen LogP contribution in [-0.4, -0.2) is 31.1 Å². The molecule has 0 fully saturated rings. The highest BCUT2D eigenvalue weighted by atomic mass is 16.5. The Morgan fingerprint density at radius 1 is 0.743 bits per heavy atom. The van der Waals surface area contributed by atoms with Gasteiger partial charge in [-0.05, 0) is 48.2 Å². The fourth-order valence-electron chi connectivity index (χ4n) is 4.12. The highest BCUT2D eigenvalue weighted by Gasteiger charge is 2.30. The molecule has 0 N–H and O–H groups in total. The Kier molecular flexibility index (Phi) is 6.06. The van der Waals surface area contributed by atoms with E-state index in [-0.39, 0.29) is 5.97 Å². The summed E-state index contributed by atoms with van der Waals surface area (Å²) >= 11 is 0. The molecule has 0 saturated heterocycles. The molecule has 0 saturated carbocycles. The summed E-state index contributed by atoms with van der Waals surface area (Å²) in [4.78, 5) is 36.1. The van der Waals surface area contributed by atoms with Gasteiger partial charge in [0.05, 0.1) is 24.4 Å². The van der Waals surface area contributed by atoms with Crippen molar-refractivity contribution in [2.24, 2.45) is 0 Å². The quantitative estimate of drug-likeness (QED) is 0.284. The maximum Gasteiger partial charge on any atom is 0.344 e. The van der Waals surface area contributed by atoms with Crippen LogP contribution in [0.3, 0.4) is 0 Å². The second kappa shape index (κ2) is 9.46. The molecule has 3 aromatic rings. The highest BCUT2D eigenvalue weighted by Crippen LogP contribution is 2.27. The lowest BCUT2D eigenvalue weighted by Gasteiger charge is -2.07. The summed E-state index contributed by atoms with van der Waals surface area (Å²) in [7, 11) is 0. The number of rotatable bonds is 8. The van der Waals surface area contributed by atoms with Crippen LogP contribution in [0.5, 0.6) is 17.2 Å². The third-order valence-corrected chi connectivity index (χ3v) is 5.75. The van der Waals surface area contributed by atoms with E-state index in [9.17, 15) is 14.4 Å². The number of carbonyl (C=O) groups is 3. The molecule has 176 valence electrons. The minimum Gasteiger partial charge on any atom is -0.494 e. The van der Waals surface area contributed by atoms with E-state index in [0.29, 0.717) is 57.6 Å². The summed E-state index contributed by atoms with van der Waals surface area (Å²) in [6, 6.07) is 19.8. The van der Waals surface area contributed by atoms with Crippen molar-refractivity contribution >= 4 is 29.1 Å². The van der Waals surface area contributed by atoms with E-state index in [2.05, 4.69) is 0 Å². The average Bonchev–Trinajstić information content (AvgIpc) is 3.34. The Balaban J connectivity index is 1.40. The highest BCUT2D eigenvalue weighted by molar-refractivity contribution is 6.21. The zero-order valence-electron chi connectivity index (χ0n) is 19.0. The van der Waals surface area contributed by atoms with Crippen LogP contribution in [0.25, 0.3) is 11.1 Å². The minimum atomic E-state index is -0.463. The normalized spacial score (nSPS) is 13.7. The molecule has 0 atom stereocenters. The van der Waals surface area contributed by atoms with Gasteiger partial charge < -0.3 is 18.9 Å². The van der Waals surface area contributed by atoms with Crippen molar-refractivity contribution in [2.45, 2.75) is 19.8 Å². The van der Waals surface area contributed by atoms with Crippen molar-refractivity contribution in [3.8, 4) is 17.2 Å². The van der Waals surface area contributed by atoms with Gasteiger partial charge in [0, 0.05) is 17.4 Å². The van der Waals surface area contributed by atoms with Gasteiger partial charge in [0.15, 0.2) is 0 Å². The smallest absolute Gasteiger partial charge is 0.344 e. The summed E-state index contributed by atoms with van der Waals surface area (Å²) in [5.74, 6) is 0.274. The van der Waals surface area contributed by atoms with Crippen LogP contribution in [0.2, 0.25) is 0 Å². The molecule has 5 rings (SSSR count). The van der Waals surface area contributed by atoms with Crippen LogP contribution >= 0.6 is 0 Å². The zero-order valence-corrected chi connectivity index (χ0v) is 19.0. The zero-order chi connectivity index (χ0) is 24.4. The molecular formula is C28H22O7. The number of fused-ring (bicyclic) bond motifs is 2. The molecule has 35 heavy (non-hydrogen) atoms. The first-order chi connectivity index (χ1) is 17.0. The molecule has 7 nitrogen and oxygen atoms in total. The van der Waals surface area contributed by atoms with Gasteiger partial charge in [0.1, 0.15) is 17.2 Å². The van der Waals surface area contributed by atoms with Gasteiger partial charge in [-0.1, -0.05) is 42.5 Å². The van der Waals surface area contributed by atoms with Crippen LogP contribution in [0, 0.1) is 0 Å². The summed E-state index contributed by atoms with van der Waals surface area (Å²) < 4.78 is 21.7. The first kappa shape index (κ1) is 22.4. The number of benzene rings is 3. The largest absolute Gasteiger partial charge is 0.494 e. The third kappa shape index (κ3) is 4.53. The van der Waals surface area contributed by atoms with Crippen molar-refractivity contribution in [1.29, 1.82) is 0 Å². The predicted molar refractivity (Wildman–Crippen MR) is 126 cm³/mol. The van der Waals surface area contributed by atoms with Crippen LogP contribution in [0.15, 0.2) is 66.7 Å². The van der Waals surface area contributed by atoms with E-state index in [4.69, 9.17) is 18.9 Å². The summed E-state index contributed by atoms with van der Waals surface area (Å²) in [5, 5.41) is 1.18. The fraction of sp³-hybridized carbons (Fsp3) is 0.179. The maximum absolute atomic E-state index is 12.7. The van der Waals surface area contributed by atoms with Gasteiger partial charge in [-0.3, -0.25) is 4.79 Å². The van der Waals surface area contributed by atoms with Crippen LogP contribution in [-0.2, 0) is 19.1 Å². The molecular weight excluding hydrogens is 448 g/mol. The van der Waals surface area contributed by atoms with Gasteiger partial charge >= 0.3 is 17.9 Å². The molecule has 0 aromatic heterocycles. The van der Waals surface area contributed by atoms with Crippen molar-refractivity contribution in [1.82, 2.24) is 0 Å². The second-order valence-corrected chi connectivity index (χ2v) is 8.16. The number of unbranched alkanes of at least 4 members (excludes halogenated alkanes) is 1. The predicted octanol–water partition coefficient (Wildman–Crippen LogP) is 2.64.